The van der Waals surface area contributed by atoms with E-state index >= 15 is 0 Å². The van der Waals surface area contributed by atoms with Crippen LogP contribution < -0.4 is 0 Å². The Morgan fingerprint density at radius 1 is 1.09 bits per heavy atom. The number of hydrogen-bond acceptors (Lipinski definition) is 1. The molecular formula is C20H22N2. The molecule has 2 heteroatoms. The summed E-state index contributed by atoms with van der Waals surface area (Å²) in [5.74, 6) is 0.845. The molecule has 0 amide bonds. The van der Waals surface area contributed by atoms with Crippen LogP contribution >= 0.6 is 0 Å². The summed E-state index contributed by atoms with van der Waals surface area (Å²) < 4.78 is 2.52. The molecule has 0 N–H and O–H groups in total. The summed E-state index contributed by atoms with van der Waals surface area (Å²) in [6.45, 7) is 5.63. The van der Waals surface area contributed by atoms with Crippen molar-refractivity contribution in [3.05, 3.63) is 53.9 Å². The molecule has 22 heavy (non-hydrogen) atoms. The molecule has 2 heterocycles. The smallest absolute Gasteiger partial charge is 0.0944 e. The molecule has 2 nitrogen and oxygen atoms in total. The second-order valence-corrected chi connectivity index (χ2v) is 6.54. The number of pyridine rings is 1. The van der Waals surface area contributed by atoms with Crippen LogP contribution in [0.25, 0.3) is 22.2 Å². The van der Waals surface area contributed by atoms with E-state index in [0.717, 1.165) is 18.2 Å². The van der Waals surface area contributed by atoms with Crippen LogP contribution in [0.3, 0.4) is 0 Å². The molecule has 1 aliphatic carbocycles. The predicted molar refractivity (Wildman–Crippen MR) is 92.0 cm³/mol. The fourth-order valence-electron chi connectivity index (χ4n) is 3.56. The Morgan fingerprint density at radius 2 is 1.86 bits per heavy atom. The van der Waals surface area contributed by atoms with Crippen LogP contribution in [-0.2, 0) is 6.54 Å². The summed E-state index contributed by atoms with van der Waals surface area (Å²) in [4.78, 5) is 4.72. The zero-order valence-corrected chi connectivity index (χ0v) is 13.3. The number of nitrogens with zero attached hydrogens (tertiary/aromatic N) is 2. The van der Waals surface area contributed by atoms with E-state index in [4.69, 9.17) is 4.98 Å². The highest BCUT2D eigenvalue weighted by Crippen LogP contribution is 2.35. The molecule has 1 aliphatic rings. The van der Waals surface area contributed by atoms with Crippen LogP contribution in [0.5, 0.6) is 0 Å². The van der Waals surface area contributed by atoms with Crippen molar-refractivity contribution in [2.75, 3.05) is 0 Å². The highest BCUT2D eigenvalue weighted by molar-refractivity contribution is 5.95. The Kier molecular flexibility index (Phi) is 3.25. The van der Waals surface area contributed by atoms with Crippen molar-refractivity contribution in [3.8, 4) is 11.3 Å². The first-order valence-corrected chi connectivity index (χ1v) is 8.25. The molecule has 3 aromatic rings. The molecule has 0 radical (unpaired) electrons. The van der Waals surface area contributed by atoms with Crippen LogP contribution in [0.2, 0.25) is 0 Å². The number of rotatable bonds is 3. The van der Waals surface area contributed by atoms with Gasteiger partial charge in [0.25, 0.3) is 0 Å². The monoisotopic (exact) mass is 290 g/mol. The van der Waals surface area contributed by atoms with E-state index < -0.39 is 0 Å². The average molecular weight is 290 g/mol. The first-order chi connectivity index (χ1) is 10.8. The van der Waals surface area contributed by atoms with Crippen molar-refractivity contribution in [1.29, 1.82) is 0 Å². The summed E-state index contributed by atoms with van der Waals surface area (Å²) in [6, 6.07) is 12.7. The van der Waals surface area contributed by atoms with Gasteiger partial charge in [-0.25, -0.2) is 0 Å². The number of aryl methyl sites for hydroxylation is 1. The predicted octanol–water partition coefficient (Wildman–Crippen LogP) is 5.12. The molecule has 1 saturated carbocycles. The molecule has 1 aromatic carbocycles. The summed E-state index contributed by atoms with van der Waals surface area (Å²) in [5.41, 5.74) is 6.44. The topological polar surface area (TPSA) is 17.8 Å². The minimum atomic E-state index is 0.845. The van der Waals surface area contributed by atoms with Gasteiger partial charge < -0.3 is 4.57 Å². The third kappa shape index (κ3) is 2.06. The van der Waals surface area contributed by atoms with E-state index in [0.29, 0.717) is 0 Å². The Labute approximate surface area is 131 Å². The Morgan fingerprint density at radius 3 is 2.55 bits per heavy atom. The molecule has 1 fully saturated rings. The molecule has 4 rings (SSSR count). The SMILES string of the molecule is Cc1c(C)n(CC2CCC2)c2c(-c3ccccc3)nccc12. The van der Waals surface area contributed by atoms with Crippen molar-refractivity contribution in [3.63, 3.8) is 0 Å². The minimum absolute atomic E-state index is 0.845. The van der Waals surface area contributed by atoms with Gasteiger partial charge >= 0.3 is 0 Å². The summed E-state index contributed by atoms with van der Waals surface area (Å²) in [6.07, 6.45) is 6.09. The Bertz CT molecular complexity index is 811. The van der Waals surface area contributed by atoms with Gasteiger partial charge in [0.1, 0.15) is 0 Å². The molecule has 0 spiro atoms. The molecule has 112 valence electrons. The van der Waals surface area contributed by atoms with Gasteiger partial charge in [-0.05, 0) is 44.2 Å². The number of aromatic nitrogens is 2. The lowest BCUT2D eigenvalue weighted by molar-refractivity contribution is 0.278. The molecule has 2 aromatic heterocycles. The minimum Gasteiger partial charge on any atom is -0.343 e. The molecule has 0 saturated heterocycles. The van der Waals surface area contributed by atoms with E-state index in [1.54, 1.807) is 0 Å². The van der Waals surface area contributed by atoms with Crippen molar-refractivity contribution in [2.45, 2.75) is 39.7 Å². The Balaban J connectivity index is 1.95. The highest BCUT2D eigenvalue weighted by Gasteiger charge is 2.22. The van der Waals surface area contributed by atoms with E-state index in [-0.39, 0.29) is 0 Å². The largest absolute Gasteiger partial charge is 0.343 e. The van der Waals surface area contributed by atoms with E-state index in [1.807, 2.05) is 6.20 Å². The second kappa shape index (κ2) is 5.28. The van der Waals surface area contributed by atoms with Crippen molar-refractivity contribution >= 4 is 10.9 Å². The maximum absolute atomic E-state index is 4.72. The fourth-order valence-corrected chi connectivity index (χ4v) is 3.56. The zero-order valence-electron chi connectivity index (χ0n) is 13.3. The molecule has 0 unspecified atom stereocenters. The van der Waals surface area contributed by atoms with Gasteiger partial charge in [-0.15, -0.1) is 0 Å². The van der Waals surface area contributed by atoms with Gasteiger partial charge in [-0.3, -0.25) is 4.98 Å². The lowest BCUT2D eigenvalue weighted by atomic mass is 9.85. The molecule has 0 bridgehead atoms. The van der Waals surface area contributed by atoms with E-state index in [2.05, 4.69) is 54.8 Å². The average Bonchev–Trinajstić information content (AvgIpc) is 2.76. The molecule has 0 atom stereocenters. The third-order valence-corrected chi connectivity index (χ3v) is 5.26. The van der Waals surface area contributed by atoms with Crippen molar-refractivity contribution < 1.29 is 0 Å². The highest BCUT2D eigenvalue weighted by atomic mass is 15.0. The first-order valence-electron chi connectivity index (χ1n) is 8.25. The van der Waals surface area contributed by atoms with Crippen molar-refractivity contribution in [2.24, 2.45) is 5.92 Å². The number of fused-ring (bicyclic) bond motifs is 1. The molecule has 0 aliphatic heterocycles. The maximum atomic E-state index is 4.72. The standard InChI is InChI=1S/C20H22N2/c1-14-15(2)22(13-16-7-6-8-16)20-18(14)11-12-21-19(20)17-9-4-3-5-10-17/h3-5,9-12,16H,6-8,13H2,1-2H3. The van der Waals surface area contributed by atoms with Crippen LogP contribution in [0.15, 0.2) is 42.6 Å². The molecular weight excluding hydrogens is 268 g/mol. The summed E-state index contributed by atoms with van der Waals surface area (Å²) in [7, 11) is 0. The summed E-state index contributed by atoms with van der Waals surface area (Å²) >= 11 is 0. The quantitative estimate of drug-likeness (QED) is 0.654. The van der Waals surface area contributed by atoms with E-state index in [1.165, 1.54) is 47.0 Å². The van der Waals surface area contributed by atoms with Gasteiger partial charge in [0, 0.05) is 29.4 Å². The first kappa shape index (κ1) is 13.6. The third-order valence-electron chi connectivity index (χ3n) is 5.26. The van der Waals surface area contributed by atoms with Gasteiger partial charge in [0.2, 0.25) is 0 Å². The number of hydrogen-bond donors (Lipinski definition) is 0. The van der Waals surface area contributed by atoms with Crippen molar-refractivity contribution in [1.82, 2.24) is 9.55 Å². The van der Waals surface area contributed by atoms with Gasteiger partial charge in [-0.1, -0.05) is 36.8 Å². The van der Waals surface area contributed by atoms with Crippen LogP contribution in [0.1, 0.15) is 30.5 Å². The second-order valence-electron chi connectivity index (χ2n) is 6.54. The van der Waals surface area contributed by atoms with Crippen LogP contribution in [-0.4, -0.2) is 9.55 Å². The Hall–Kier alpha value is -2.09. The van der Waals surface area contributed by atoms with E-state index in [9.17, 15) is 0 Å². The van der Waals surface area contributed by atoms with Crippen LogP contribution in [0.4, 0.5) is 0 Å². The lowest BCUT2D eigenvalue weighted by Crippen LogP contribution is -2.18. The van der Waals surface area contributed by atoms with Gasteiger partial charge in [0.05, 0.1) is 11.2 Å². The van der Waals surface area contributed by atoms with Gasteiger partial charge in [-0.2, -0.15) is 0 Å². The normalized spacial score (nSPS) is 15.2. The van der Waals surface area contributed by atoms with Crippen LogP contribution in [0, 0.1) is 19.8 Å². The zero-order chi connectivity index (χ0) is 15.1. The number of benzene rings is 1. The summed E-state index contributed by atoms with van der Waals surface area (Å²) in [5, 5.41) is 1.35. The maximum Gasteiger partial charge on any atom is 0.0944 e. The fraction of sp³-hybridized carbons (Fsp3) is 0.350. The lowest BCUT2D eigenvalue weighted by Gasteiger charge is -2.27. The van der Waals surface area contributed by atoms with Gasteiger partial charge in [0.15, 0.2) is 0 Å².